The minimum absolute atomic E-state index is 0.0715. The second kappa shape index (κ2) is 7.43. The number of alkyl halides is 3. The third kappa shape index (κ3) is 3.98. The quantitative estimate of drug-likeness (QED) is 0.525. The molecule has 1 amide bonds. The highest BCUT2D eigenvalue weighted by Crippen LogP contribution is 2.40. The maximum absolute atomic E-state index is 13.1. The van der Waals surface area contributed by atoms with Gasteiger partial charge >= 0.3 is 6.18 Å². The number of hydrogen-bond donors (Lipinski definition) is 3. The number of para-hydroxylation sites is 1. The summed E-state index contributed by atoms with van der Waals surface area (Å²) in [7, 11) is 0. The Hall–Kier alpha value is -3.43. The van der Waals surface area contributed by atoms with Crippen molar-refractivity contribution in [2.45, 2.75) is 32.0 Å². The molecule has 30 heavy (non-hydrogen) atoms. The van der Waals surface area contributed by atoms with Gasteiger partial charge in [-0.2, -0.15) is 13.2 Å². The predicted molar refractivity (Wildman–Crippen MR) is 103 cm³/mol. The van der Waals surface area contributed by atoms with E-state index < -0.39 is 24.0 Å². The highest BCUT2D eigenvalue weighted by Gasteiger charge is 2.49. The van der Waals surface area contributed by atoms with Gasteiger partial charge in [-0.15, -0.1) is 0 Å². The summed E-state index contributed by atoms with van der Waals surface area (Å²) in [5, 5.41) is 10.4. The van der Waals surface area contributed by atoms with Crippen LogP contribution < -0.4 is 5.32 Å². The first-order chi connectivity index (χ1) is 14.2. The van der Waals surface area contributed by atoms with Crippen LogP contribution in [0.3, 0.4) is 0 Å². The van der Waals surface area contributed by atoms with Gasteiger partial charge in [0.15, 0.2) is 12.0 Å². The van der Waals surface area contributed by atoms with Crippen LogP contribution in [0.4, 0.5) is 13.2 Å². The smallest absolute Gasteiger partial charge is 0.408 e. The summed E-state index contributed by atoms with van der Waals surface area (Å²) in [6.45, 7) is 1.68. The van der Waals surface area contributed by atoms with Crippen molar-refractivity contribution in [3.63, 3.8) is 0 Å². The second-order valence-corrected chi connectivity index (χ2v) is 7.22. The van der Waals surface area contributed by atoms with Crippen molar-refractivity contribution in [1.82, 2.24) is 20.3 Å². The van der Waals surface area contributed by atoms with E-state index in [-0.39, 0.29) is 17.2 Å². The molecule has 1 atom stereocenters. The van der Waals surface area contributed by atoms with Gasteiger partial charge in [-0.25, -0.2) is 9.97 Å². The number of amides is 1. The van der Waals surface area contributed by atoms with Crippen molar-refractivity contribution in [2.75, 3.05) is 0 Å². The number of aromatic nitrogens is 3. The van der Waals surface area contributed by atoms with Crippen LogP contribution in [0.2, 0.25) is 0 Å². The van der Waals surface area contributed by atoms with Gasteiger partial charge in [-0.3, -0.25) is 4.79 Å². The zero-order valence-corrected chi connectivity index (χ0v) is 15.9. The molecular weight excluding hydrogens is 399 g/mol. The lowest BCUT2D eigenvalue weighted by Gasteiger charge is -2.20. The van der Waals surface area contributed by atoms with Gasteiger partial charge in [-0.1, -0.05) is 12.1 Å². The van der Waals surface area contributed by atoms with E-state index >= 15 is 0 Å². The number of halogens is 3. The molecule has 3 aromatic rings. The van der Waals surface area contributed by atoms with Crippen LogP contribution in [-0.4, -0.2) is 38.8 Å². The molecule has 10 heteroatoms. The van der Waals surface area contributed by atoms with Crippen LogP contribution in [0.15, 0.2) is 41.3 Å². The SMILES string of the molecule is C/C(=C/C(=N)c1cccc2ocnc12)c1ncc(C(=O)NC(C2CC2)C(F)(F)F)[nH]1. The number of imidazole rings is 1. The Balaban J connectivity index is 1.51. The number of nitrogens with one attached hydrogen (secondary N) is 3. The standard InChI is InChI=1S/C20H18F3N5O2/c1-10(7-13(24)12-3-2-4-15-16(12)26-9-30-15)18-25-8-14(27-18)19(29)28-17(11-5-6-11)20(21,22)23/h2-4,7-9,11,17,24H,5-6H2,1H3,(H,25,27)(H,28,29)/b10-7-,24-13?. The van der Waals surface area contributed by atoms with Crippen molar-refractivity contribution < 1.29 is 22.4 Å². The van der Waals surface area contributed by atoms with E-state index in [1.807, 2.05) is 0 Å². The lowest BCUT2D eigenvalue weighted by atomic mass is 10.1. The summed E-state index contributed by atoms with van der Waals surface area (Å²) in [4.78, 5) is 23.2. The molecule has 1 aromatic carbocycles. The summed E-state index contributed by atoms with van der Waals surface area (Å²) in [6, 6.07) is 3.35. The summed E-state index contributed by atoms with van der Waals surface area (Å²) in [5.41, 5.74) is 2.27. The molecule has 156 valence electrons. The minimum atomic E-state index is -4.49. The van der Waals surface area contributed by atoms with Crippen LogP contribution in [0.5, 0.6) is 0 Å². The van der Waals surface area contributed by atoms with Crippen molar-refractivity contribution in [2.24, 2.45) is 5.92 Å². The molecule has 2 aromatic heterocycles. The number of carbonyl (C=O) groups excluding carboxylic acids is 1. The Morgan fingerprint density at radius 1 is 1.37 bits per heavy atom. The summed E-state index contributed by atoms with van der Waals surface area (Å²) >= 11 is 0. The Bertz CT molecular complexity index is 1140. The van der Waals surface area contributed by atoms with E-state index in [0.717, 1.165) is 0 Å². The number of rotatable bonds is 6. The van der Waals surface area contributed by atoms with E-state index in [9.17, 15) is 18.0 Å². The third-order valence-corrected chi connectivity index (χ3v) is 4.94. The highest BCUT2D eigenvalue weighted by molar-refractivity contribution is 6.15. The van der Waals surface area contributed by atoms with Gasteiger partial charge in [0.05, 0.1) is 11.9 Å². The first kappa shape index (κ1) is 19.9. The lowest BCUT2D eigenvalue weighted by Crippen LogP contribution is -2.47. The monoisotopic (exact) mass is 417 g/mol. The van der Waals surface area contributed by atoms with Gasteiger partial charge in [0.25, 0.3) is 5.91 Å². The van der Waals surface area contributed by atoms with E-state index in [0.29, 0.717) is 35.1 Å². The number of nitrogens with zero attached hydrogens (tertiary/aromatic N) is 2. The average molecular weight is 417 g/mol. The molecule has 7 nitrogen and oxygen atoms in total. The third-order valence-electron chi connectivity index (χ3n) is 4.94. The number of H-pyrrole nitrogens is 1. The average Bonchev–Trinajstić information content (AvgIpc) is 3.19. The van der Waals surface area contributed by atoms with Crippen molar-refractivity contribution >= 4 is 28.3 Å². The van der Waals surface area contributed by atoms with Crippen LogP contribution in [-0.2, 0) is 0 Å². The molecule has 0 saturated heterocycles. The molecule has 1 saturated carbocycles. The van der Waals surface area contributed by atoms with Crippen molar-refractivity contribution in [1.29, 1.82) is 5.41 Å². The number of fused-ring (bicyclic) bond motifs is 1. The normalized spacial score (nSPS) is 15.9. The number of carbonyl (C=O) groups is 1. The summed E-state index contributed by atoms with van der Waals surface area (Å²) < 4.78 is 44.6. The fourth-order valence-corrected chi connectivity index (χ4v) is 3.22. The van der Waals surface area contributed by atoms with Crippen LogP contribution in [0, 0.1) is 11.3 Å². The van der Waals surface area contributed by atoms with Crippen molar-refractivity contribution in [3.05, 3.63) is 53.9 Å². The first-order valence-corrected chi connectivity index (χ1v) is 9.26. The van der Waals surface area contributed by atoms with Gasteiger partial charge in [0.1, 0.15) is 23.1 Å². The molecule has 0 aliphatic heterocycles. The molecule has 1 fully saturated rings. The van der Waals surface area contributed by atoms with Gasteiger partial charge in [0, 0.05) is 5.56 Å². The lowest BCUT2D eigenvalue weighted by molar-refractivity contribution is -0.158. The van der Waals surface area contributed by atoms with Gasteiger partial charge < -0.3 is 20.1 Å². The molecule has 1 aliphatic carbocycles. The van der Waals surface area contributed by atoms with Gasteiger partial charge in [0.2, 0.25) is 0 Å². The number of benzene rings is 1. The Kier molecular flexibility index (Phi) is 4.92. The zero-order chi connectivity index (χ0) is 21.5. The van der Waals surface area contributed by atoms with E-state index in [1.54, 1.807) is 25.1 Å². The summed E-state index contributed by atoms with van der Waals surface area (Å²) in [6.07, 6.45) is 0.414. The molecule has 4 rings (SSSR count). The molecule has 0 bridgehead atoms. The second-order valence-electron chi connectivity index (χ2n) is 7.22. The minimum Gasteiger partial charge on any atom is -0.443 e. The number of allylic oxidation sites excluding steroid dienone is 2. The van der Waals surface area contributed by atoms with Crippen LogP contribution >= 0.6 is 0 Å². The van der Waals surface area contributed by atoms with E-state index in [2.05, 4.69) is 20.3 Å². The topological polar surface area (TPSA) is 108 Å². The fraction of sp³-hybridized carbons (Fsp3) is 0.300. The first-order valence-electron chi connectivity index (χ1n) is 9.26. The number of aromatic amines is 1. The Labute approximate surface area is 168 Å². The highest BCUT2D eigenvalue weighted by atomic mass is 19.4. The zero-order valence-electron chi connectivity index (χ0n) is 15.9. The van der Waals surface area contributed by atoms with Crippen molar-refractivity contribution in [3.8, 4) is 0 Å². The molecular formula is C20H18F3N5O2. The fourth-order valence-electron chi connectivity index (χ4n) is 3.22. The largest absolute Gasteiger partial charge is 0.443 e. The number of oxazole rings is 1. The van der Waals surface area contributed by atoms with E-state index in [1.165, 1.54) is 18.7 Å². The molecule has 0 radical (unpaired) electrons. The maximum atomic E-state index is 13.1. The molecule has 3 N–H and O–H groups in total. The Morgan fingerprint density at radius 2 is 2.13 bits per heavy atom. The number of hydrogen-bond acceptors (Lipinski definition) is 5. The Morgan fingerprint density at radius 3 is 2.83 bits per heavy atom. The molecule has 2 heterocycles. The van der Waals surface area contributed by atoms with Crippen LogP contribution in [0.1, 0.15) is 41.6 Å². The molecule has 1 unspecified atom stereocenters. The molecule has 0 spiro atoms. The predicted octanol–water partition coefficient (Wildman–Crippen LogP) is 4.09. The molecule has 1 aliphatic rings. The van der Waals surface area contributed by atoms with Gasteiger partial charge in [-0.05, 0) is 43.4 Å². The summed E-state index contributed by atoms with van der Waals surface area (Å²) in [5.74, 6) is -1.15. The van der Waals surface area contributed by atoms with E-state index in [4.69, 9.17) is 9.83 Å². The van der Waals surface area contributed by atoms with Crippen LogP contribution in [0.25, 0.3) is 16.7 Å². The maximum Gasteiger partial charge on any atom is 0.408 e.